The lowest BCUT2D eigenvalue weighted by atomic mass is 10.0. The maximum absolute atomic E-state index is 12.9. The number of allylic oxidation sites excluding steroid dienone is 14. The number of quaternary nitrogens is 1. The van der Waals surface area contributed by atoms with E-state index >= 15 is 0 Å². The molecule has 0 heterocycles. The van der Waals surface area contributed by atoms with E-state index in [4.69, 9.17) is 18.5 Å². The number of unbranched alkanes of at least 4 members (excludes halogenated alkanes) is 35. The highest BCUT2D eigenvalue weighted by Crippen LogP contribution is 2.38. The molecule has 82 heavy (non-hydrogen) atoms. The molecule has 0 aliphatic rings. The molecule has 0 aliphatic carbocycles. The summed E-state index contributed by atoms with van der Waals surface area (Å²) in [7, 11) is 1.17. The van der Waals surface area contributed by atoms with Gasteiger partial charge in [-0.2, -0.15) is 0 Å². The molecule has 0 N–H and O–H groups in total. The summed E-state index contributed by atoms with van der Waals surface area (Å²) >= 11 is 0. The summed E-state index contributed by atoms with van der Waals surface area (Å²) in [6.45, 7) is 4.16. The monoisotopic (exact) mass is 1170 g/mol. The fourth-order valence-corrected chi connectivity index (χ4v) is 10.4. The van der Waals surface area contributed by atoms with Crippen molar-refractivity contribution in [2.24, 2.45) is 0 Å². The van der Waals surface area contributed by atoms with E-state index in [1.807, 2.05) is 21.1 Å². The van der Waals surface area contributed by atoms with Crippen molar-refractivity contribution in [1.82, 2.24) is 0 Å². The smallest absolute Gasteiger partial charge is 0.306 e. The Bertz CT molecular complexity index is 1660. The van der Waals surface area contributed by atoms with Crippen molar-refractivity contribution < 1.29 is 42.1 Å². The van der Waals surface area contributed by atoms with E-state index in [9.17, 15) is 19.0 Å². The van der Waals surface area contributed by atoms with Crippen molar-refractivity contribution in [3.8, 4) is 0 Å². The second-order valence-electron chi connectivity index (χ2n) is 24.2. The van der Waals surface area contributed by atoms with Crippen molar-refractivity contribution >= 4 is 19.8 Å². The predicted molar refractivity (Wildman–Crippen MR) is 351 cm³/mol. The quantitative estimate of drug-likeness (QED) is 0.0195. The van der Waals surface area contributed by atoms with Gasteiger partial charge in [0.25, 0.3) is 7.82 Å². The Morgan fingerprint density at radius 1 is 0.390 bits per heavy atom. The number of ether oxygens (including phenoxy) is 2. The first-order valence-corrected chi connectivity index (χ1v) is 35.8. The largest absolute Gasteiger partial charge is 0.756 e. The van der Waals surface area contributed by atoms with Gasteiger partial charge >= 0.3 is 11.9 Å². The van der Waals surface area contributed by atoms with Crippen LogP contribution in [0.1, 0.15) is 309 Å². The number of hydrogen-bond donors (Lipinski definition) is 0. The molecule has 0 fully saturated rings. The third-order valence-corrected chi connectivity index (χ3v) is 15.9. The summed E-state index contributed by atoms with van der Waals surface area (Å²) in [6, 6.07) is 0. The number of likely N-dealkylation sites (N-methyl/N-ethyl adjacent to an activating group) is 1. The van der Waals surface area contributed by atoms with Gasteiger partial charge < -0.3 is 27.9 Å². The minimum absolute atomic E-state index is 0.0322. The zero-order valence-electron chi connectivity index (χ0n) is 54.2. The lowest BCUT2D eigenvalue weighted by Crippen LogP contribution is -2.37. The molecule has 0 amide bonds. The molecule has 0 spiro atoms. The zero-order chi connectivity index (χ0) is 59.8. The summed E-state index contributed by atoms with van der Waals surface area (Å²) in [4.78, 5) is 38.0. The minimum atomic E-state index is -4.64. The number of phosphoric ester groups is 1. The Kier molecular flexibility index (Phi) is 60.6. The zero-order valence-corrected chi connectivity index (χ0v) is 55.1. The maximum atomic E-state index is 12.9. The first-order chi connectivity index (χ1) is 40.0. The van der Waals surface area contributed by atoms with Crippen molar-refractivity contribution in [2.45, 2.75) is 315 Å². The Balaban J connectivity index is 4.06. The first-order valence-electron chi connectivity index (χ1n) is 34.3. The molecular formula is C72H130NO8P. The van der Waals surface area contributed by atoms with Crippen LogP contribution in [0.2, 0.25) is 0 Å². The summed E-state index contributed by atoms with van der Waals surface area (Å²) in [5.41, 5.74) is 0. The standard InChI is InChI=1S/C72H130NO8P/c1-6-8-10-12-14-16-18-20-22-24-26-28-30-32-33-34-35-36-37-38-39-41-43-45-47-49-51-53-55-57-59-61-63-65-72(75)81-70(69-80-82(76,77)79-67-66-73(3,4)5)68-78-71(74)64-62-60-58-56-54-52-50-48-46-44-42-40-31-29-27-25-23-21-19-17-15-13-11-9-7-2/h8,10,14,16,20,22,25-28,32-33,35-36,70H,6-7,9,11-13,15,17-19,21,23-24,29-31,34,37-69H2,1-5H3/b10-8-,16-14-,22-20-,27-25-,28-26-,33-32-,36-35-. The highest BCUT2D eigenvalue weighted by atomic mass is 31.2. The number of nitrogens with zero attached hydrogens (tertiary/aromatic N) is 1. The van der Waals surface area contributed by atoms with Crippen LogP contribution in [-0.4, -0.2) is 70.0 Å². The van der Waals surface area contributed by atoms with E-state index in [0.717, 1.165) is 77.0 Å². The van der Waals surface area contributed by atoms with Gasteiger partial charge in [0.2, 0.25) is 0 Å². The van der Waals surface area contributed by atoms with Gasteiger partial charge in [-0.3, -0.25) is 14.2 Å². The van der Waals surface area contributed by atoms with Gasteiger partial charge in [-0.1, -0.05) is 292 Å². The molecule has 0 saturated heterocycles. The molecular weight excluding hydrogens is 1040 g/mol. The van der Waals surface area contributed by atoms with Gasteiger partial charge in [0.1, 0.15) is 19.8 Å². The summed E-state index contributed by atoms with van der Waals surface area (Å²) in [5.74, 6) is -0.825. The lowest BCUT2D eigenvalue weighted by molar-refractivity contribution is -0.870. The number of esters is 2. The van der Waals surface area contributed by atoms with Crippen molar-refractivity contribution in [3.05, 3.63) is 85.1 Å². The highest BCUT2D eigenvalue weighted by Gasteiger charge is 2.22. The van der Waals surface area contributed by atoms with Crippen LogP contribution in [0.4, 0.5) is 0 Å². The van der Waals surface area contributed by atoms with E-state index in [0.29, 0.717) is 17.4 Å². The summed E-state index contributed by atoms with van der Waals surface area (Å²) < 4.78 is 34.3. The molecule has 0 bridgehead atoms. The summed E-state index contributed by atoms with van der Waals surface area (Å²) in [5, 5.41) is 0. The van der Waals surface area contributed by atoms with Crippen LogP contribution in [0.25, 0.3) is 0 Å². The average molecular weight is 1170 g/mol. The Morgan fingerprint density at radius 3 is 1.05 bits per heavy atom. The van der Waals surface area contributed by atoms with Gasteiger partial charge in [-0.15, -0.1) is 0 Å². The SMILES string of the molecule is CC/C=C\C/C=C\C/C=C\C/C=C\C/C=C\C/C=C\CCCCCCCCCCCCCCCCC(=O)OC(COC(=O)CCCCCCCCCCCCCCC/C=C\CCCCCCCCCC)COP(=O)([O-])OCC[N+](C)(C)C. The minimum Gasteiger partial charge on any atom is -0.756 e. The Labute approximate surface area is 507 Å². The molecule has 476 valence electrons. The van der Waals surface area contributed by atoms with Crippen LogP contribution >= 0.6 is 7.82 Å². The topological polar surface area (TPSA) is 111 Å². The number of carbonyl (C=O) groups is 2. The molecule has 10 heteroatoms. The van der Waals surface area contributed by atoms with E-state index < -0.39 is 26.5 Å². The third-order valence-electron chi connectivity index (χ3n) is 14.9. The van der Waals surface area contributed by atoms with E-state index in [1.165, 1.54) is 199 Å². The van der Waals surface area contributed by atoms with Gasteiger partial charge in [0.05, 0.1) is 27.7 Å². The molecule has 0 radical (unpaired) electrons. The van der Waals surface area contributed by atoms with Crippen molar-refractivity contribution in [1.29, 1.82) is 0 Å². The maximum Gasteiger partial charge on any atom is 0.306 e. The van der Waals surface area contributed by atoms with Crippen LogP contribution in [0.15, 0.2) is 85.1 Å². The molecule has 9 nitrogen and oxygen atoms in total. The third kappa shape index (κ3) is 66.3. The van der Waals surface area contributed by atoms with E-state index in [-0.39, 0.29) is 32.0 Å². The highest BCUT2D eigenvalue weighted by molar-refractivity contribution is 7.45. The number of rotatable bonds is 63. The second kappa shape index (κ2) is 62.7. The van der Waals surface area contributed by atoms with Crippen LogP contribution in [-0.2, 0) is 32.7 Å². The predicted octanol–water partition coefficient (Wildman–Crippen LogP) is 21.5. The number of hydrogen-bond acceptors (Lipinski definition) is 8. The van der Waals surface area contributed by atoms with E-state index in [2.05, 4.69) is 98.9 Å². The number of phosphoric acid groups is 1. The molecule has 0 aromatic heterocycles. The molecule has 2 atom stereocenters. The first kappa shape index (κ1) is 79.2. The van der Waals surface area contributed by atoms with Crippen LogP contribution < -0.4 is 4.89 Å². The van der Waals surface area contributed by atoms with Crippen LogP contribution in [0, 0.1) is 0 Å². The van der Waals surface area contributed by atoms with Crippen molar-refractivity contribution in [3.63, 3.8) is 0 Å². The fourth-order valence-electron chi connectivity index (χ4n) is 9.66. The molecule has 0 aromatic rings. The molecule has 0 aromatic carbocycles. The van der Waals surface area contributed by atoms with Crippen LogP contribution in [0.5, 0.6) is 0 Å². The number of carbonyl (C=O) groups excluding carboxylic acids is 2. The van der Waals surface area contributed by atoms with Gasteiger partial charge in [-0.25, -0.2) is 0 Å². The molecule has 0 saturated carbocycles. The fraction of sp³-hybridized carbons (Fsp3) is 0.778. The van der Waals surface area contributed by atoms with Gasteiger partial charge in [0.15, 0.2) is 6.10 Å². The van der Waals surface area contributed by atoms with Gasteiger partial charge in [0, 0.05) is 12.8 Å². The van der Waals surface area contributed by atoms with E-state index in [1.54, 1.807) is 0 Å². The summed E-state index contributed by atoms with van der Waals surface area (Å²) in [6.07, 6.45) is 85.1. The van der Waals surface area contributed by atoms with Crippen LogP contribution in [0.3, 0.4) is 0 Å². The Morgan fingerprint density at radius 2 is 0.695 bits per heavy atom. The van der Waals surface area contributed by atoms with Gasteiger partial charge in [-0.05, 0) is 89.9 Å². The second-order valence-corrected chi connectivity index (χ2v) is 25.6. The molecule has 0 rings (SSSR count). The Hall–Kier alpha value is -2.81. The normalized spacial score (nSPS) is 13.7. The average Bonchev–Trinajstić information content (AvgIpc) is 3.46. The molecule has 2 unspecified atom stereocenters. The molecule has 0 aliphatic heterocycles. The lowest BCUT2D eigenvalue weighted by Gasteiger charge is -2.28. The van der Waals surface area contributed by atoms with Crippen molar-refractivity contribution in [2.75, 3.05) is 47.5 Å².